The molecule has 0 saturated heterocycles. The number of amides is 2. The number of aromatic carboxylic acids is 1. The Hall–Kier alpha value is -3.78. The van der Waals surface area contributed by atoms with Crippen LogP contribution in [0.25, 0.3) is 0 Å². The first kappa shape index (κ1) is 22.9. The van der Waals surface area contributed by atoms with Gasteiger partial charge in [0.25, 0.3) is 5.91 Å². The molecule has 3 aromatic carbocycles. The number of benzene rings is 3. The minimum atomic E-state index is -1.02. The van der Waals surface area contributed by atoms with Gasteiger partial charge in [-0.15, -0.1) is 11.8 Å². The lowest BCUT2D eigenvalue weighted by molar-refractivity contribution is -0.115. The molecule has 1 atom stereocenters. The van der Waals surface area contributed by atoms with E-state index in [1.54, 1.807) is 68.6 Å². The molecule has 1 unspecified atom stereocenters. The van der Waals surface area contributed by atoms with Crippen molar-refractivity contribution in [2.45, 2.75) is 17.1 Å². The van der Waals surface area contributed by atoms with Crippen LogP contribution in [0, 0.1) is 0 Å². The molecule has 0 aliphatic heterocycles. The topological polar surface area (TPSA) is 105 Å². The first-order valence-corrected chi connectivity index (χ1v) is 10.6. The first-order chi connectivity index (χ1) is 15.4. The third-order valence-corrected chi connectivity index (χ3v) is 5.62. The van der Waals surface area contributed by atoms with Gasteiger partial charge in [-0.05, 0) is 73.7 Å². The summed E-state index contributed by atoms with van der Waals surface area (Å²) in [6.07, 6.45) is 0. The third-order valence-electron chi connectivity index (χ3n) is 4.53. The van der Waals surface area contributed by atoms with Gasteiger partial charge in [0.1, 0.15) is 5.75 Å². The van der Waals surface area contributed by atoms with Crippen LogP contribution in [-0.2, 0) is 4.79 Å². The highest BCUT2D eigenvalue weighted by atomic mass is 32.2. The lowest BCUT2D eigenvalue weighted by Crippen LogP contribution is -2.22. The van der Waals surface area contributed by atoms with Gasteiger partial charge in [0.2, 0.25) is 5.91 Å². The largest absolute Gasteiger partial charge is 0.497 e. The Labute approximate surface area is 189 Å². The molecule has 0 aromatic heterocycles. The van der Waals surface area contributed by atoms with Crippen LogP contribution >= 0.6 is 11.8 Å². The molecular formula is C24H22N2O5S. The van der Waals surface area contributed by atoms with E-state index in [9.17, 15) is 14.4 Å². The van der Waals surface area contributed by atoms with E-state index >= 15 is 0 Å². The van der Waals surface area contributed by atoms with Crippen LogP contribution in [0.15, 0.2) is 77.7 Å². The van der Waals surface area contributed by atoms with Gasteiger partial charge in [0, 0.05) is 21.8 Å². The Morgan fingerprint density at radius 2 is 1.53 bits per heavy atom. The maximum absolute atomic E-state index is 12.5. The summed E-state index contributed by atoms with van der Waals surface area (Å²) in [5, 5.41) is 14.2. The standard InChI is InChI=1S/C24H22N2O5S/c1-15(22(27)25-18-10-6-17(7-11-18)24(29)30)32-21-5-3-4-19(14-21)26-23(28)16-8-12-20(31-2)13-9-16/h3-15H,1-2H3,(H,25,27)(H,26,28)(H,29,30). The van der Waals surface area contributed by atoms with Crippen molar-refractivity contribution in [1.29, 1.82) is 0 Å². The molecule has 0 heterocycles. The Morgan fingerprint density at radius 1 is 0.875 bits per heavy atom. The van der Waals surface area contributed by atoms with Gasteiger partial charge in [0.15, 0.2) is 0 Å². The molecule has 8 heteroatoms. The van der Waals surface area contributed by atoms with Crippen LogP contribution < -0.4 is 15.4 Å². The molecule has 3 aromatic rings. The zero-order valence-electron chi connectivity index (χ0n) is 17.5. The number of nitrogens with one attached hydrogen (secondary N) is 2. The summed E-state index contributed by atoms with van der Waals surface area (Å²) in [5.41, 5.74) is 1.80. The number of hydrogen-bond acceptors (Lipinski definition) is 5. The summed E-state index contributed by atoms with van der Waals surface area (Å²) in [5.74, 6) is -0.813. The summed E-state index contributed by atoms with van der Waals surface area (Å²) in [6, 6.07) is 20.0. The van der Waals surface area contributed by atoms with E-state index in [0.717, 1.165) is 4.90 Å². The Bertz CT molecular complexity index is 1110. The van der Waals surface area contributed by atoms with Gasteiger partial charge in [-0.25, -0.2) is 4.79 Å². The third kappa shape index (κ3) is 6.12. The van der Waals surface area contributed by atoms with Crippen molar-refractivity contribution in [3.05, 3.63) is 83.9 Å². The SMILES string of the molecule is COc1ccc(C(=O)Nc2cccc(SC(C)C(=O)Nc3ccc(C(=O)O)cc3)c2)cc1. The number of ether oxygens (including phenoxy) is 1. The van der Waals surface area contributed by atoms with Gasteiger partial charge in [-0.1, -0.05) is 6.07 Å². The highest BCUT2D eigenvalue weighted by Gasteiger charge is 2.16. The average molecular weight is 451 g/mol. The monoisotopic (exact) mass is 450 g/mol. The van der Waals surface area contributed by atoms with Gasteiger partial charge in [-0.3, -0.25) is 9.59 Å². The number of rotatable bonds is 8. The average Bonchev–Trinajstić information content (AvgIpc) is 2.79. The van der Waals surface area contributed by atoms with E-state index in [4.69, 9.17) is 9.84 Å². The molecule has 7 nitrogen and oxygen atoms in total. The van der Waals surface area contributed by atoms with Crippen LogP contribution in [0.5, 0.6) is 5.75 Å². The molecule has 3 N–H and O–H groups in total. The summed E-state index contributed by atoms with van der Waals surface area (Å²) in [4.78, 5) is 36.7. The molecule has 0 radical (unpaired) electrons. The number of carbonyl (C=O) groups excluding carboxylic acids is 2. The number of anilines is 2. The predicted molar refractivity (Wildman–Crippen MR) is 125 cm³/mol. The quantitative estimate of drug-likeness (QED) is 0.427. The minimum absolute atomic E-state index is 0.152. The lowest BCUT2D eigenvalue weighted by Gasteiger charge is -2.13. The van der Waals surface area contributed by atoms with Crippen molar-refractivity contribution < 1.29 is 24.2 Å². The fourth-order valence-electron chi connectivity index (χ4n) is 2.79. The number of carboxylic acids is 1. The van der Waals surface area contributed by atoms with Crippen molar-refractivity contribution in [3.8, 4) is 5.75 Å². The van der Waals surface area contributed by atoms with Crippen LogP contribution in [0.1, 0.15) is 27.6 Å². The van der Waals surface area contributed by atoms with E-state index in [2.05, 4.69) is 10.6 Å². The highest BCUT2D eigenvalue weighted by molar-refractivity contribution is 8.00. The number of thioether (sulfide) groups is 1. The second-order valence-corrected chi connectivity index (χ2v) is 8.26. The summed E-state index contributed by atoms with van der Waals surface area (Å²) in [7, 11) is 1.56. The summed E-state index contributed by atoms with van der Waals surface area (Å²) in [6.45, 7) is 1.77. The van der Waals surface area contributed by atoms with Crippen molar-refractivity contribution in [2.75, 3.05) is 17.7 Å². The Balaban J connectivity index is 1.59. The van der Waals surface area contributed by atoms with E-state index in [1.165, 1.54) is 23.9 Å². The molecular weight excluding hydrogens is 428 g/mol. The number of carboxylic acid groups (broad SMARTS) is 1. The van der Waals surface area contributed by atoms with Crippen LogP contribution in [0.2, 0.25) is 0 Å². The Morgan fingerprint density at radius 3 is 2.16 bits per heavy atom. The van der Waals surface area contributed by atoms with Crippen LogP contribution in [0.3, 0.4) is 0 Å². The van der Waals surface area contributed by atoms with E-state index < -0.39 is 11.2 Å². The van der Waals surface area contributed by atoms with Crippen molar-refractivity contribution in [2.24, 2.45) is 0 Å². The maximum atomic E-state index is 12.5. The van der Waals surface area contributed by atoms with Crippen LogP contribution in [0.4, 0.5) is 11.4 Å². The predicted octanol–water partition coefficient (Wildman–Crippen LogP) is 4.77. The Kier molecular flexibility index (Phi) is 7.51. The second-order valence-electron chi connectivity index (χ2n) is 6.84. The second kappa shape index (κ2) is 10.5. The fraction of sp³-hybridized carbons (Fsp3) is 0.125. The van der Waals surface area contributed by atoms with E-state index in [1.807, 2.05) is 6.07 Å². The first-order valence-electron chi connectivity index (χ1n) is 9.72. The normalized spacial score (nSPS) is 11.3. The molecule has 0 aliphatic rings. The molecule has 32 heavy (non-hydrogen) atoms. The molecule has 0 bridgehead atoms. The molecule has 3 rings (SSSR count). The summed E-state index contributed by atoms with van der Waals surface area (Å²) >= 11 is 1.35. The van der Waals surface area contributed by atoms with Crippen molar-refractivity contribution >= 4 is 40.9 Å². The van der Waals surface area contributed by atoms with Gasteiger partial charge >= 0.3 is 5.97 Å². The molecule has 0 aliphatic carbocycles. The van der Waals surface area contributed by atoms with Crippen molar-refractivity contribution in [1.82, 2.24) is 0 Å². The molecule has 0 fully saturated rings. The number of methoxy groups -OCH3 is 1. The molecule has 0 saturated carbocycles. The lowest BCUT2D eigenvalue weighted by atomic mass is 10.2. The summed E-state index contributed by atoms with van der Waals surface area (Å²) < 4.78 is 5.10. The number of carbonyl (C=O) groups is 3. The minimum Gasteiger partial charge on any atom is -0.497 e. The zero-order valence-corrected chi connectivity index (χ0v) is 18.3. The van der Waals surface area contributed by atoms with Gasteiger partial charge < -0.3 is 20.5 Å². The van der Waals surface area contributed by atoms with E-state index in [0.29, 0.717) is 22.7 Å². The molecule has 2 amide bonds. The van der Waals surface area contributed by atoms with Gasteiger partial charge in [-0.2, -0.15) is 0 Å². The fourth-order valence-corrected chi connectivity index (χ4v) is 3.72. The van der Waals surface area contributed by atoms with Crippen LogP contribution in [-0.4, -0.2) is 35.2 Å². The highest BCUT2D eigenvalue weighted by Crippen LogP contribution is 2.27. The molecule has 0 spiro atoms. The van der Waals surface area contributed by atoms with E-state index in [-0.39, 0.29) is 17.4 Å². The smallest absolute Gasteiger partial charge is 0.335 e. The molecule has 164 valence electrons. The van der Waals surface area contributed by atoms with Crippen molar-refractivity contribution in [3.63, 3.8) is 0 Å². The maximum Gasteiger partial charge on any atom is 0.335 e. The van der Waals surface area contributed by atoms with Gasteiger partial charge in [0.05, 0.1) is 17.9 Å². The number of hydrogen-bond donors (Lipinski definition) is 3. The zero-order chi connectivity index (χ0) is 23.1.